The van der Waals surface area contributed by atoms with Gasteiger partial charge in [0.2, 0.25) is 5.91 Å². The monoisotopic (exact) mass is 456 g/mol. The van der Waals surface area contributed by atoms with Gasteiger partial charge >= 0.3 is 5.97 Å². The molecular weight excluding hydrogens is 431 g/mol. The van der Waals surface area contributed by atoms with Crippen molar-refractivity contribution in [3.63, 3.8) is 0 Å². The van der Waals surface area contributed by atoms with Crippen molar-refractivity contribution >= 4 is 41.0 Å². The summed E-state index contributed by atoms with van der Waals surface area (Å²) in [4.78, 5) is 53.1. The SMILES string of the molecule is Cc1[nH]c(C=C2C(=O)Nc3ccc(F)cc32)c(C)c1C(=O)N[C@@H](CCC(=O)N(C)C)C(=O)O. The van der Waals surface area contributed by atoms with Crippen LogP contribution in [0.4, 0.5) is 10.1 Å². The van der Waals surface area contributed by atoms with E-state index in [2.05, 4.69) is 15.6 Å². The lowest BCUT2D eigenvalue weighted by molar-refractivity contribution is -0.139. The van der Waals surface area contributed by atoms with Crippen LogP contribution in [0.25, 0.3) is 11.6 Å². The molecule has 1 atom stereocenters. The number of nitrogens with one attached hydrogen (secondary N) is 3. The molecule has 4 N–H and O–H groups in total. The summed E-state index contributed by atoms with van der Waals surface area (Å²) >= 11 is 0. The Hall–Kier alpha value is -3.95. The van der Waals surface area contributed by atoms with Gasteiger partial charge in [0.1, 0.15) is 11.9 Å². The normalized spacial score (nSPS) is 14.6. The molecule has 3 amide bonds. The fraction of sp³-hybridized carbons (Fsp3) is 0.304. The summed E-state index contributed by atoms with van der Waals surface area (Å²) in [6.45, 7) is 3.31. The van der Waals surface area contributed by atoms with Gasteiger partial charge in [0.15, 0.2) is 0 Å². The van der Waals surface area contributed by atoms with Crippen molar-refractivity contribution in [2.24, 2.45) is 0 Å². The second-order valence-corrected chi connectivity index (χ2v) is 8.06. The molecule has 174 valence electrons. The summed E-state index contributed by atoms with van der Waals surface area (Å²) in [6.07, 6.45) is 1.45. The van der Waals surface area contributed by atoms with E-state index in [0.29, 0.717) is 28.2 Å². The maximum Gasteiger partial charge on any atom is 0.326 e. The number of carbonyl (C=O) groups is 4. The molecule has 0 aliphatic carbocycles. The number of anilines is 1. The van der Waals surface area contributed by atoms with Gasteiger partial charge in [-0.15, -0.1) is 0 Å². The highest BCUT2D eigenvalue weighted by Crippen LogP contribution is 2.34. The van der Waals surface area contributed by atoms with Crippen molar-refractivity contribution in [3.8, 4) is 0 Å². The minimum atomic E-state index is -1.25. The molecular formula is C23H25FN4O5. The zero-order valence-electron chi connectivity index (χ0n) is 18.7. The Morgan fingerprint density at radius 2 is 1.94 bits per heavy atom. The van der Waals surface area contributed by atoms with E-state index in [1.807, 2.05) is 0 Å². The number of benzene rings is 1. The molecule has 9 nitrogen and oxygen atoms in total. The highest BCUT2D eigenvalue weighted by atomic mass is 19.1. The molecule has 0 radical (unpaired) electrons. The quantitative estimate of drug-likeness (QED) is 0.475. The zero-order valence-corrected chi connectivity index (χ0v) is 18.7. The number of aliphatic carboxylic acids is 1. The van der Waals surface area contributed by atoms with Gasteiger partial charge in [-0.25, -0.2) is 9.18 Å². The first-order chi connectivity index (χ1) is 15.5. The van der Waals surface area contributed by atoms with E-state index < -0.39 is 29.6 Å². The fourth-order valence-corrected chi connectivity index (χ4v) is 3.69. The van der Waals surface area contributed by atoms with Crippen LogP contribution in [-0.4, -0.2) is 58.8 Å². The third-order valence-electron chi connectivity index (χ3n) is 5.51. The number of carbonyl (C=O) groups excluding carboxylic acids is 3. The molecule has 1 aliphatic heterocycles. The summed E-state index contributed by atoms with van der Waals surface area (Å²) in [7, 11) is 3.13. The predicted molar refractivity (Wildman–Crippen MR) is 120 cm³/mol. The second kappa shape index (κ2) is 9.27. The van der Waals surface area contributed by atoms with Crippen molar-refractivity contribution in [2.45, 2.75) is 32.7 Å². The van der Waals surface area contributed by atoms with E-state index >= 15 is 0 Å². The largest absolute Gasteiger partial charge is 0.480 e. The average Bonchev–Trinajstić information content (AvgIpc) is 3.19. The molecule has 2 aromatic rings. The molecule has 0 saturated heterocycles. The lowest BCUT2D eigenvalue weighted by Gasteiger charge is -2.16. The number of H-pyrrole nitrogens is 1. The van der Waals surface area contributed by atoms with Gasteiger partial charge in [-0.2, -0.15) is 0 Å². The average molecular weight is 456 g/mol. The molecule has 3 rings (SSSR count). The highest BCUT2D eigenvalue weighted by molar-refractivity contribution is 6.34. The van der Waals surface area contributed by atoms with E-state index in [1.54, 1.807) is 27.9 Å². The Bertz CT molecular complexity index is 1180. The van der Waals surface area contributed by atoms with Crippen LogP contribution >= 0.6 is 0 Å². The minimum Gasteiger partial charge on any atom is -0.480 e. The molecule has 10 heteroatoms. The molecule has 2 heterocycles. The minimum absolute atomic E-state index is 0.0300. The number of halogens is 1. The Labute approximate surface area is 189 Å². The van der Waals surface area contributed by atoms with Gasteiger partial charge in [0.05, 0.1) is 11.1 Å². The van der Waals surface area contributed by atoms with Gasteiger partial charge in [-0.3, -0.25) is 14.4 Å². The fourth-order valence-electron chi connectivity index (χ4n) is 3.69. The number of amides is 3. The van der Waals surface area contributed by atoms with Crippen LogP contribution in [0, 0.1) is 19.7 Å². The molecule has 33 heavy (non-hydrogen) atoms. The van der Waals surface area contributed by atoms with Gasteiger partial charge in [0, 0.05) is 43.2 Å². The number of aromatic amines is 1. The van der Waals surface area contributed by atoms with Crippen LogP contribution < -0.4 is 10.6 Å². The number of carboxylic acid groups (broad SMARTS) is 1. The van der Waals surface area contributed by atoms with Crippen LogP contribution in [-0.2, 0) is 14.4 Å². The van der Waals surface area contributed by atoms with Crippen LogP contribution in [0.15, 0.2) is 18.2 Å². The molecule has 0 saturated carbocycles. The molecule has 1 aromatic heterocycles. The van der Waals surface area contributed by atoms with Crippen molar-refractivity contribution in [1.29, 1.82) is 0 Å². The van der Waals surface area contributed by atoms with Crippen LogP contribution in [0.3, 0.4) is 0 Å². The lowest BCUT2D eigenvalue weighted by Crippen LogP contribution is -2.41. The summed E-state index contributed by atoms with van der Waals surface area (Å²) < 4.78 is 13.7. The Kier molecular flexibility index (Phi) is 6.66. The molecule has 1 aromatic carbocycles. The third kappa shape index (κ3) is 4.94. The second-order valence-electron chi connectivity index (χ2n) is 8.06. The molecule has 0 spiro atoms. The zero-order chi connectivity index (χ0) is 24.4. The number of hydrogen-bond acceptors (Lipinski definition) is 4. The Morgan fingerprint density at radius 1 is 1.24 bits per heavy atom. The van der Waals surface area contributed by atoms with E-state index in [-0.39, 0.29) is 29.9 Å². The van der Waals surface area contributed by atoms with Crippen molar-refractivity contribution in [3.05, 3.63) is 52.1 Å². The molecule has 0 unspecified atom stereocenters. The van der Waals surface area contributed by atoms with Gasteiger partial charge in [0.25, 0.3) is 11.8 Å². The predicted octanol–water partition coefficient (Wildman–Crippen LogP) is 2.31. The standard InChI is InChI=1S/C23H25FN4O5/c1-11-18(10-15-14-9-13(24)5-6-16(14)26-21(15)30)25-12(2)20(11)22(31)27-17(23(32)33)7-8-19(29)28(3)4/h5-6,9-10,17,25H,7-8H2,1-4H3,(H,26,30)(H,27,31)(H,32,33)/t17-/m0/s1. The van der Waals surface area contributed by atoms with Crippen molar-refractivity contribution in [1.82, 2.24) is 15.2 Å². The van der Waals surface area contributed by atoms with Crippen molar-refractivity contribution < 1.29 is 28.7 Å². The van der Waals surface area contributed by atoms with E-state index in [0.717, 1.165) is 0 Å². The summed E-state index contributed by atoms with van der Waals surface area (Å²) in [6, 6.07) is 2.73. The Balaban J connectivity index is 1.86. The number of fused-ring (bicyclic) bond motifs is 1. The van der Waals surface area contributed by atoms with Crippen molar-refractivity contribution in [2.75, 3.05) is 19.4 Å². The van der Waals surface area contributed by atoms with Gasteiger partial charge < -0.3 is 25.6 Å². The van der Waals surface area contributed by atoms with Crippen LogP contribution in [0.5, 0.6) is 0 Å². The molecule has 0 fully saturated rings. The third-order valence-corrected chi connectivity index (χ3v) is 5.51. The topological polar surface area (TPSA) is 132 Å². The number of carboxylic acids is 1. The van der Waals surface area contributed by atoms with E-state index in [4.69, 9.17) is 0 Å². The van der Waals surface area contributed by atoms with Gasteiger partial charge in [-0.1, -0.05) is 0 Å². The smallest absolute Gasteiger partial charge is 0.326 e. The first-order valence-electron chi connectivity index (χ1n) is 10.3. The number of hydrogen-bond donors (Lipinski definition) is 4. The maximum atomic E-state index is 13.7. The maximum absolute atomic E-state index is 13.7. The van der Waals surface area contributed by atoms with Crippen LogP contribution in [0.1, 0.15) is 45.7 Å². The number of aromatic nitrogens is 1. The van der Waals surface area contributed by atoms with E-state index in [9.17, 15) is 28.7 Å². The number of nitrogens with zero attached hydrogens (tertiary/aromatic N) is 1. The number of aryl methyl sites for hydroxylation is 1. The first-order valence-corrected chi connectivity index (χ1v) is 10.3. The summed E-state index contributed by atoms with van der Waals surface area (Å²) in [5.41, 5.74) is 2.83. The highest BCUT2D eigenvalue weighted by Gasteiger charge is 2.28. The van der Waals surface area contributed by atoms with Crippen LogP contribution in [0.2, 0.25) is 0 Å². The Morgan fingerprint density at radius 3 is 2.58 bits per heavy atom. The van der Waals surface area contributed by atoms with Gasteiger partial charge in [-0.05, 0) is 50.1 Å². The first kappa shape index (κ1) is 23.7. The van der Waals surface area contributed by atoms with E-state index in [1.165, 1.54) is 29.2 Å². The molecule has 0 bridgehead atoms. The summed E-state index contributed by atoms with van der Waals surface area (Å²) in [5.74, 6) is -2.99. The number of rotatable bonds is 7. The lowest BCUT2D eigenvalue weighted by atomic mass is 10.0. The summed E-state index contributed by atoms with van der Waals surface area (Å²) in [5, 5.41) is 14.6. The molecule has 1 aliphatic rings.